The number of fused-ring (bicyclic) bond motifs is 1. The van der Waals surface area contributed by atoms with Gasteiger partial charge in [0, 0.05) is 12.2 Å². The Morgan fingerprint density at radius 2 is 1.96 bits per heavy atom. The Morgan fingerprint density at radius 1 is 1.20 bits per heavy atom. The molecule has 0 saturated carbocycles. The standard InChI is InChI=1S/C17H21N3O5/c1-2-8-18-16(21)20-12-9-23-15-13(10-24-14(12)15)25-17(22)19-11-6-4-3-5-7-11/h2-7,12-15H,1,8-10H2,(H,19,22)(H2,18,20,21). The Kier molecular flexibility index (Phi) is 5.52. The molecule has 2 aliphatic rings. The van der Waals surface area contributed by atoms with Crippen LogP contribution in [0.15, 0.2) is 43.0 Å². The predicted molar refractivity (Wildman–Crippen MR) is 90.3 cm³/mol. The van der Waals surface area contributed by atoms with Gasteiger partial charge in [0.1, 0.15) is 12.2 Å². The maximum absolute atomic E-state index is 12.0. The van der Waals surface area contributed by atoms with E-state index in [9.17, 15) is 9.59 Å². The third-order valence-electron chi connectivity index (χ3n) is 4.01. The molecule has 3 N–H and O–H groups in total. The summed E-state index contributed by atoms with van der Waals surface area (Å²) in [6, 6.07) is 8.42. The molecular formula is C17H21N3O5. The second-order valence-corrected chi connectivity index (χ2v) is 5.78. The number of amides is 3. The van der Waals surface area contributed by atoms with Crippen LogP contribution in [0.1, 0.15) is 0 Å². The van der Waals surface area contributed by atoms with Crippen molar-refractivity contribution in [2.45, 2.75) is 24.4 Å². The predicted octanol–water partition coefficient (Wildman–Crippen LogP) is 1.26. The molecule has 134 valence electrons. The molecular weight excluding hydrogens is 326 g/mol. The van der Waals surface area contributed by atoms with Gasteiger partial charge in [-0.3, -0.25) is 5.32 Å². The number of rotatable bonds is 5. The number of carbonyl (C=O) groups is 2. The van der Waals surface area contributed by atoms with Crippen molar-refractivity contribution in [1.29, 1.82) is 0 Å². The van der Waals surface area contributed by atoms with Crippen molar-refractivity contribution in [2.24, 2.45) is 0 Å². The number of hydrogen-bond acceptors (Lipinski definition) is 5. The summed E-state index contributed by atoms with van der Waals surface area (Å²) < 4.78 is 16.7. The molecule has 3 amide bonds. The van der Waals surface area contributed by atoms with Gasteiger partial charge in [-0.25, -0.2) is 9.59 Å². The first-order valence-electron chi connectivity index (χ1n) is 8.08. The summed E-state index contributed by atoms with van der Waals surface area (Å²) in [5, 5.41) is 8.08. The number of urea groups is 1. The Morgan fingerprint density at radius 3 is 2.72 bits per heavy atom. The van der Waals surface area contributed by atoms with Gasteiger partial charge in [0.15, 0.2) is 6.10 Å². The molecule has 25 heavy (non-hydrogen) atoms. The molecule has 0 radical (unpaired) electrons. The summed E-state index contributed by atoms with van der Waals surface area (Å²) in [5.41, 5.74) is 0.647. The van der Waals surface area contributed by atoms with Crippen molar-refractivity contribution >= 4 is 17.8 Å². The number of hydrogen-bond donors (Lipinski definition) is 3. The molecule has 1 aromatic rings. The average molecular weight is 347 g/mol. The highest BCUT2D eigenvalue weighted by Gasteiger charge is 2.50. The summed E-state index contributed by atoms with van der Waals surface area (Å²) in [7, 11) is 0. The number of nitrogens with one attached hydrogen (secondary N) is 3. The quantitative estimate of drug-likeness (QED) is 0.697. The van der Waals surface area contributed by atoms with Crippen LogP contribution in [-0.4, -0.2) is 56.2 Å². The van der Waals surface area contributed by atoms with E-state index in [0.29, 0.717) is 18.8 Å². The summed E-state index contributed by atoms with van der Waals surface area (Å²) >= 11 is 0. The van der Waals surface area contributed by atoms with Crippen molar-refractivity contribution in [1.82, 2.24) is 10.6 Å². The second-order valence-electron chi connectivity index (χ2n) is 5.78. The minimum absolute atomic E-state index is 0.226. The lowest BCUT2D eigenvalue weighted by molar-refractivity contribution is 0.00872. The summed E-state index contributed by atoms with van der Waals surface area (Å²) in [5.74, 6) is 0. The van der Waals surface area contributed by atoms with Gasteiger partial charge in [0.2, 0.25) is 0 Å². The lowest BCUT2D eigenvalue weighted by Gasteiger charge is -2.18. The van der Waals surface area contributed by atoms with E-state index in [4.69, 9.17) is 14.2 Å². The van der Waals surface area contributed by atoms with Gasteiger partial charge in [0.05, 0.1) is 19.3 Å². The van der Waals surface area contributed by atoms with E-state index in [-0.39, 0.29) is 24.8 Å². The minimum Gasteiger partial charge on any atom is -0.441 e. The Bertz CT molecular complexity index is 624. The van der Waals surface area contributed by atoms with Gasteiger partial charge in [-0.2, -0.15) is 0 Å². The third-order valence-corrected chi connectivity index (χ3v) is 4.01. The maximum Gasteiger partial charge on any atom is 0.412 e. The number of ether oxygens (including phenoxy) is 3. The first kappa shape index (κ1) is 17.2. The number of anilines is 1. The molecule has 8 heteroatoms. The van der Waals surface area contributed by atoms with Gasteiger partial charge < -0.3 is 24.8 Å². The molecule has 2 saturated heterocycles. The molecule has 2 heterocycles. The normalized spacial score (nSPS) is 27.2. The number of para-hydroxylation sites is 1. The minimum atomic E-state index is -0.566. The van der Waals surface area contributed by atoms with Crippen LogP contribution in [0.3, 0.4) is 0 Å². The highest BCUT2D eigenvalue weighted by atomic mass is 16.6. The zero-order chi connectivity index (χ0) is 17.6. The zero-order valence-corrected chi connectivity index (χ0v) is 13.6. The van der Waals surface area contributed by atoms with Crippen LogP contribution in [0.25, 0.3) is 0 Å². The van der Waals surface area contributed by atoms with Gasteiger partial charge >= 0.3 is 12.1 Å². The molecule has 4 unspecified atom stereocenters. The molecule has 0 bridgehead atoms. The van der Waals surface area contributed by atoms with Crippen molar-refractivity contribution < 1.29 is 23.8 Å². The fraction of sp³-hybridized carbons (Fsp3) is 0.412. The number of carbonyl (C=O) groups excluding carboxylic acids is 2. The average Bonchev–Trinajstić information content (AvgIpc) is 3.18. The molecule has 3 rings (SSSR count). The fourth-order valence-corrected chi connectivity index (χ4v) is 2.88. The topological polar surface area (TPSA) is 97.9 Å². The van der Waals surface area contributed by atoms with Crippen LogP contribution in [0.5, 0.6) is 0 Å². The van der Waals surface area contributed by atoms with Crippen molar-refractivity contribution in [3.8, 4) is 0 Å². The maximum atomic E-state index is 12.0. The Labute approximate surface area is 145 Å². The molecule has 4 atom stereocenters. The van der Waals surface area contributed by atoms with Crippen LogP contribution in [0, 0.1) is 0 Å². The Balaban J connectivity index is 1.49. The number of benzene rings is 1. The zero-order valence-electron chi connectivity index (χ0n) is 13.6. The van der Waals surface area contributed by atoms with Crippen LogP contribution in [0.4, 0.5) is 15.3 Å². The van der Waals surface area contributed by atoms with E-state index in [1.807, 2.05) is 18.2 Å². The van der Waals surface area contributed by atoms with E-state index in [0.717, 1.165) is 0 Å². The van der Waals surface area contributed by atoms with Crippen molar-refractivity contribution in [3.63, 3.8) is 0 Å². The van der Waals surface area contributed by atoms with E-state index in [1.54, 1.807) is 18.2 Å². The lowest BCUT2D eigenvalue weighted by atomic mass is 10.1. The van der Waals surface area contributed by atoms with Gasteiger partial charge in [0.25, 0.3) is 0 Å². The molecule has 1 aromatic carbocycles. The first-order valence-corrected chi connectivity index (χ1v) is 8.08. The van der Waals surface area contributed by atoms with Crippen molar-refractivity contribution in [3.05, 3.63) is 43.0 Å². The summed E-state index contributed by atoms with van der Waals surface area (Å²) in [4.78, 5) is 23.7. The smallest absolute Gasteiger partial charge is 0.412 e. The van der Waals surface area contributed by atoms with E-state index in [2.05, 4.69) is 22.5 Å². The van der Waals surface area contributed by atoms with Gasteiger partial charge in [-0.15, -0.1) is 6.58 Å². The first-order chi connectivity index (χ1) is 12.2. The molecule has 0 aliphatic carbocycles. The van der Waals surface area contributed by atoms with Crippen LogP contribution < -0.4 is 16.0 Å². The highest BCUT2D eigenvalue weighted by Crippen LogP contribution is 2.29. The fourth-order valence-electron chi connectivity index (χ4n) is 2.88. The Hall–Kier alpha value is -2.58. The molecule has 0 aromatic heterocycles. The molecule has 2 fully saturated rings. The monoisotopic (exact) mass is 347 g/mol. The SMILES string of the molecule is C=CCNC(=O)NC1COC2C(OC(=O)Nc3ccccc3)COC12. The van der Waals surface area contributed by atoms with Crippen LogP contribution in [0.2, 0.25) is 0 Å². The summed E-state index contributed by atoms with van der Waals surface area (Å²) in [6.45, 7) is 4.44. The molecule has 2 aliphatic heterocycles. The molecule has 8 nitrogen and oxygen atoms in total. The molecule has 0 spiro atoms. The van der Waals surface area contributed by atoms with Crippen LogP contribution >= 0.6 is 0 Å². The van der Waals surface area contributed by atoms with Gasteiger partial charge in [-0.1, -0.05) is 24.3 Å². The van der Waals surface area contributed by atoms with E-state index >= 15 is 0 Å². The van der Waals surface area contributed by atoms with Gasteiger partial charge in [-0.05, 0) is 12.1 Å². The largest absolute Gasteiger partial charge is 0.441 e. The van der Waals surface area contributed by atoms with Crippen LogP contribution in [-0.2, 0) is 14.2 Å². The highest BCUT2D eigenvalue weighted by molar-refractivity contribution is 5.84. The summed E-state index contributed by atoms with van der Waals surface area (Å²) in [6.07, 6.45) is -0.231. The van der Waals surface area contributed by atoms with E-state index < -0.39 is 18.3 Å². The van der Waals surface area contributed by atoms with Crippen molar-refractivity contribution in [2.75, 3.05) is 25.1 Å². The van der Waals surface area contributed by atoms with E-state index in [1.165, 1.54) is 0 Å². The second kappa shape index (κ2) is 8.00. The third kappa shape index (κ3) is 4.28. The lowest BCUT2D eigenvalue weighted by Crippen LogP contribution is -2.48.